The summed E-state index contributed by atoms with van der Waals surface area (Å²) in [6.07, 6.45) is 1.16. The molecule has 5 heteroatoms. The maximum Gasteiger partial charge on any atom is 0.228 e. The van der Waals surface area contributed by atoms with Crippen LogP contribution in [-0.4, -0.2) is 11.8 Å². The summed E-state index contributed by atoms with van der Waals surface area (Å²) in [6, 6.07) is 10.2. The molecule has 1 aliphatic heterocycles. The van der Waals surface area contributed by atoms with Gasteiger partial charge in [-0.05, 0) is 41.3 Å². The van der Waals surface area contributed by atoms with Crippen molar-refractivity contribution in [3.8, 4) is 0 Å². The molecule has 23 heavy (non-hydrogen) atoms. The SMILES string of the molecule is CCc1ccc(NC(=O)Cc2ccc3c(c2)NC(=O)C3)cc1F. The number of hydrogen-bond donors (Lipinski definition) is 2. The van der Waals surface area contributed by atoms with Gasteiger partial charge in [-0.1, -0.05) is 25.1 Å². The molecule has 2 amide bonds. The van der Waals surface area contributed by atoms with Gasteiger partial charge < -0.3 is 10.6 Å². The van der Waals surface area contributed by atoms with E-state index in [4.69, 9.17) is 0 Å². The van der Waals surface area contributed by atoms with Gasteiger partial charge in [0.1, 0.15) is 5.82 Å². The second-order valence-electron chi connectivity index (χ2n) is 5.60. The van der Waals surface area contributed by atoms with E-state index in [2.05, 4.69) is 10.6 Å². The molecule has 2 aromatic carbocycles. The van der Waals surface area contributed by atoms with Gasteiger partial charge in [-0.3, -0.25) is 9.59 Å². The van der Waals surface area contributed by atoms with Crippen molar-refractivity contribution in [1.29, 1.82) is 0 Å². The van der Waals surface area contributed by atoms with Crippen LogP contribution in [0, 0.1) is 5.82 Å². The van der Waals surface area contributed by atoms with Crippen LogP contribution >= 0.6 is 0 Å². The Morgan fingerprint density at radius 3 is 2.83 bits per heavy atom. The van der Waals surface area contributed by atoms with Crippen LogP contribution < -0.4 is 10.6 Å². The highest BCUT2D eigenvalue weighted by atomic mass is 19.1. The van der Waals surface area contributed by atoms with E-state index in [-0.39, 0.29) is 24.1 Å². The Balaban J connectivity index is 1.67. The Morgan fingerprint density at radius 2 is 2.09 bits per heavy atom. The molecule has 3 rings (SSSR count). The molecular weight excluding hydrogens is 295 g/mol. The third kappa shape index (κ3) is 3.39. The number of halogens is 1. The zero-order valence-electron chi connectivity index (χ0n) is 12.8. The van der Waals surface area contributed by atoms with Crippen LogP contribution in [0.2, 0.25) is 0 Å². The smallest absolute Gasteiger partial charge is 0.228 e. The third-order valence-corrected chi connectivity index (χ3v) is 3.88. The first-order valence-electron chi connectivity index (χ1n) is 7.55. The monoisotopic (exact) mass is 312 g/mol. The Bertz CT molecular complexity index is 787. The predicted molar refractivity (Wildman–Crippen MR) is 86.9 cm³/mol. The van der Waals surface area contributed by atoms with Crippen LogP contribution in [-0.2, 0) is 28.9 Å². The molecule has 2 N–H and O–H groups in total. The second-order valence-corrected chi connectivity index (χ2v) is 5.60. The highest BCUT2D eigenvalue weighted by Crippen LogP contribution is 2.24. The van der Waals surface area contributed by atoms with Gasteiger partial charge >= 0.3 is 0 Å². The largest absolute Gasteiger partial charge is 0.326 e. The minimum atomic E-state index is -0.314. The van der Waals surface area contributed by atoms with E-state index in [0.717, 1.165) is 16.8 Å². The summed E-state index contributed by atoms with van der Waals surface area (Å²) in [5.41, 5.74) is 3.57. The highest BCUT2D eigenvalue weighted by Gasteiger charge is 2.18. The Morgan fingerprint density at radius 1 is 1.26 bits per heavy atom. The summed E-state index contributed by atoms with van der Waals surface area (Å²) in [7, 11) is 0. The van der Waals surface area contributed by atoms with Crippen LogP contribution in [0.4, 0.5) is 15.8 Å². The normalized spacial score (nSPS) is 12.7. The second kappa shape index (κ2) is 6.20. The van der Waals surface area contributed by atoms with Gasteiger partial charge in [-0.25, -0.2) is 4.39 Å². The van der Waals surface area contributed by atoms with Crippen LogP contribution in [0.3, 0.4) is 0 Å². The van der Waals surface area contributed by atoms with Gasteiger partial charge in [0.25, 0.3) is 0 Å². The van der Waals surface area contributed by atoms with Gasteiger partial charge in [0.15, 0.2) is 0 Å². The first-order valence-corrected chi connectivity index (χ1v) is 7.55. The molecule has 0 aromatic heterocycles. The number of rotatable bonds is 4. The summed E-state index contributed by atoms with van der Waals surface area (Å²) in [5, 5.41) is 5.45. The zero-order chi connectivity index (χ0) is 16.4. The van der Waals surface area contributed by atoms with Crippen molar-refractivity contribution in [2.75, 3.05) is 10.6 Å². The fraction of sp³-hybridized carbons (Fsp3) is 0.222. The molecule has 0 fully saturated rings. The van der Waals surface area contributed by atoms with Crippen molar-refractivity contribution in [1.82, 2.24) is 0 Å². The van der Waals surface area contributed by atoms with E-state index < -0.39 is 0 Å². The third-order valence-electron chi connectivity index (χ3n) is 3.88. The predicted octanol–water partition coefficient (Wildman–Crippen LogP) is 3.06. The van der Waals surface area contributed by atoms with Gasteiger partial charge in [-0.15, -0.1) is 0 Å². The van der Waals surface area contributed by atoms with Crippen LogP contribution in [0.15, 0.2) is 36.4 Å². The lowest BCUT2D eigenvalue weighted by Crippen LogP contribution is -2.14. The van der Waals surface area contributed by atoms with Crippen molar-refractivity contribution in [2.24, 2.45) is 0 Å². The first kappa shape index (κ1) is 15.2. The minimum absolute atomic E-state index is 0.0342. The van der Waals surface area contributed by atoms with E-state index in [1.807, 2.05) is 19.1 Å². The van der Waals surface area contributed by atoms with Crippen molar-refractivity contribution in [3.05, 3.63) is 58.9 Å². The molecule has 4 nitrogen and oxygen atoms in total. The molecule has 0 spiro atoms. The molecular formula is C18H17FN2O2. The number of amides is 2. The van der Waals surface area contributed by atoms with Crippen molar-refractivity contribution >= 4 is 23.2 Å². The number of benzene rings is 2. The number of anilines is 2. The number of nitrogens with one attached hydrogen (secondary N) is 2. The molecule has 0 atom stereocenters. The lowest BCUT2D eigenvalue weighted by atomic mass is 10.1. The molecule has 118 valence electrons. The number of fused-ring (bicyclic) bond motifs is 1. The summed E-state index contributed by atoms with van der Waals surface area (Å²) >= 11 is 0. The fourth-order valence-electron chi connectivity index (χ4n) is 2.67. The molecule has 0 radical (unpaired) electrons. The molecule has 0 aliphatic carbocycles. The van der Waals surface area contributed by atoms with Crippen molar-refractivity contribution in [3.63, 3.8) is 0 Å². The quantitative estimate of drug-likeness (QED) is 0.911. The molecule has 0 bridgehead atoms. The minimum Gasteiger partial charge on any atom is -0.326 e. The van der Waals surface area contributed by atoms with E-state index in [0.29, 0.717) is 24.1 Å². The zero-order valence-corrected chi connectivity index (χ0v) is 12.8. The number of carbonyl (C=O) groups excluding carboxylic acids is 2. The average Bonchev–Trinajstić information content (AvgIpc) is 2.86. The van der Waals surface area contributed by atoms with Crippen LogP contribution in [0.25, 0.3) is 0 Å². The Kier molecular flexibility index (Phi) is 4.10. The van der Waals surface area contributed by atoms with Gasteiger partial charge in [0, 0.05) is 11.4 Å². The van der Waals surface area contributed by atoms with Gasteiger partial charge in [0.05, 0.1) is 12.8 Å². The van der Waals surface area contributed by atoms with E-state index >= 15 is 0 Å². The highest BCUT2D eigenvalue weighted by molar-refractivity contribution is 5.99. The maximum absolute atomic E-state index is 13.7. The lowest BCUT2D eigenvalue weighted by molar-refractivity contribution is -0.116. The topological polar surface area (TPSA) is 58.2 Å². The van der Waals surface area contributed by atoms with Crippen molar-refractivity contribution < 1.29 is 14.0 Å². The number of carbonyl (C=O) groups is 2. The maximum atomic E-state index is 13.7. The molecule has 0 saturated heterocycles. The summed E-state index contributed by atoms with van der Waals surface area (Å²) in [4.78, 5) is 23.4. The van der Waals surface area contributed by atoms with E-state index in [1.54, 1.807) is 18.2 Å². The van der Waals surface area contributed by atoms with Crippen LogP contribution in [0.1, 0.15) is 23.6 Å². The first-order chi connectivity index (χ1) is 11.0. The Hall–Kier alpha value is -2.69. The molecule has 2 aromatic rings. The fourth-order valence-corrected chi connectivity index (χ4v) is 2.67. The number of hydrogen-bond acceptors (Lipinski definition) is 2. The standard InChI is InChI=1S/C18H17FN2O2/c1-2-12-5-6-14(10-15(12)19)20-17(22)8-11-3-4-13-9-18(23)21-16(13)7-11/h3-7,10H,2,8-9H2,1H3,(H,20,22)(H,21,23). The van der Waals surface area contributed by atoms with E-state index in [1.165, 1.54) is 6.07 Å². The molecule has 0 unspecified atom stereocenters. The molecule has 0 saturated carbocycles. The van der Waals surface area contributed by atoms with E-state index in [9.17, 15) is 14.0 Å². The van der Waals surface area contributed by atoms with Gasteiger partial charge in [0.2, 0.25) is 11.8 Å². The summed E-state index contributed by atoms with van der Waals surface area (Å²) in [5.74, 6) is -0.573. The number of aryl methyl sites for hydroxylation is 1. The average molecular weight is 312 g/mol. The molecule has 1 heterocycles. The van der Waals surface area contributed by atoms with Crippen LogP contribution in [0.5, 0.6) is 0 Å². The van der Waals surface area contributed by atoms with Crippen molar-refractivity contribution in [2.45, 2.75) is 26.2 Å². The summed E-state index contributed by atoms with van der Waals surface area (Å²) in [6.45, 7) is 1.88. The molecule has 1 aliphatic rings. The Labute approximate surface area is 133 Å². The van der Waals surface area contributed by atoms with Gasteiger partial charge in [-0.2, -0.15) is 0 Å². The summed E-state index contributed by atoms with van der Waals surface area (Å²) < 4.78 is 13.7. The lowest BCUT2D eigenvalue weighted by Gasteiger charge is -2.08.